The molecule has 8 aromatic carbocycles. The summed E-state index contributed by atoms with van der Waals surface area (Å²) in [5.74, 6) is 1.11. The van der Waals surface area contributed by atoms with Crippen LogP contribution in [0, 0.1) is 0 Å². The van der Waals surface area contributed by atoms with Gasteiger partial charge < -0.3 is 8.83 Å². The lowest BCUT2D eigenvalue weighted by molar-refractivity contribution is 0.617. The van der Waals surface area contributed by atoms with Gasteiger partial charge in [0.1, 0.15) is 11.0 Å². The first-order valence-electron chi connectivity index (χ1n) is 18.6. The van der Waals surface area contributed by atoms with E-state index < -0.39 is 0 Å². The fourth-order valence-corrected chi connectivity index (χ4v) is 9.16. The lowest BCUT2D eigenvalue weighted by Gasteiger charge is -2.30. The highest BCUT2D eigenvalue weighted by Gasteiger charge is 2.51. The van der Waals surface area contributed by atoms with Crippen molar-refractivity contribution in [1.82, 2.24) is 9.97 Å². The molecule has 2 aromatic heterocycles. The molecule has 0 saturated heterocycles. The predicted molar refractivity (Wildman–Crippen MR) is 220 cm³/mol. The van der Waals surface area contributed by atoms with E-state index in [4.69, 9.17) is 18.8 Å². The molecule has 4 heteroatoms. The lowest BCUT2D eigenvalue weighted by atomic mass is 9.70. The number of aromatic nitrogens is 2. The van der Waals surface area contributed by atoms with Gasteiger partial charge in [-0.05, 0) is 115 Å². The molecule has 0 aliphatic heterocycles. The second kappa shape index (κ2) is 11.3. The minimum atomic E-state index is -0.374. The van der Waals surface area contributed by atoms with Crippen LogP contribution in [0.25, 0.3) is 89.6 Å². The first-order valence-corrected chi connectivity index (χ1v) is 18.6. The summed E-state index contributed by atoms with van der Waals surface area (Å²) >= 11 is 0. The molecule has 0 N–H and O–H groups in total. The Morgan fingerprint density at radius 2 is 0.709 bits per heavy atom. The molecule has 0 fully saturated rings. The van der Waals surface area contributed by atoms with Gasteiger partial charge in [-0.25, -0.2) is 9.97 Å². The van der Waals surface area contributed by atoms with Gasteiger partial charge in [0.2, 0.25) is 11.8 Å². The van der Waals surface area contributed by atoms with Crippen LogP contribution >= 0.6 is 0 Å². The van der Waals surface area contributed by atoms with Gasteiger partial charge in [0.05, 0.1) is 5.41 Å². The van der Waals surface area contributed by atoms with Crippen LogP contribution in [-0.2, 0) is 5.41 Å². The Labute approximate surface area is 317 Å². The van der Waals surface area contributed by atoms with Crippen molar-refractivity contribution < 1.29 is 8.83 Å². The molecule has 2 aliphatic rings. The van der Waals surface area contributed by atoms with E-state index in [0.29, 0.717) is 11.8 Å². The summed E-state index contributed by atoms with van der Waals surface area (Å²) < 4.78 is 12.5. The summed E-state index contributed by atoms with van der Waals surface area (Å²) in [5.41, 5.74) is 19.5. The van der Waals surface area contributed by atoms with Crippen molar-refractivity contribution in [3.8, 4) is 67.4 Å². The molecule has 2 aliphatic carbocycles. The van der Waals surface area contributed by atoms with Gasteiger partial charge in [-0.2, -0.15) is 0 Å². The maximum absolute atomic E-state index is 6.25. The third-order valence-electron chi connectivity index (χ3n) is 11.6. The number of benzene rings is 8. The normalized spacial score (nSPS) is 13.2. The fraction of sp³-hybridized carbons (Fsp3) is 0.0196. The van der Waals surface area contributed by atoms with Crippen molar-refractivity contribution in [3.05, 3.63) is 204 Å². The largest absolute Gasteiger partial charge is 0.436 e. The summed E-state index contributed by atoms with van der Waals surface area (Å²) in [7, 11) is 0. The summed E-state index contributed by atoms with van der Waals surface area (Å²) in [5, 5.41) is 0. The lowest BCUT2D eigenvalue weighted by Crippen LogP contribution is -2.25. The molecule has 256 valence electrons. The fourth-order valence-electron chi connectivity index (χ4n) is 9.16. The zero-order valence-electron chi connectivity index (χ0n) is 29.5. The Morgan fingerprint density at radius 3 is 1.22 bits per heavy atom. The second-order valence-corrected chi connectivity index (χ2v) is 14.5. The molecule has 2 heterocycles. The molecule has 0 unspecified atom stereocenters. The molecule has 0 saturated carbocycles. The van der Waals surface area contributed by atoms with E-state index in [-0.39, 0.29) is 5.41 Å². The van der Waals surface area contributed by atoms with Crippen molar-refractivity contribution in [2.45, 2.75) is 5.41 Å². The average Bonchev–Trinajstić information content (AvgIpc) is 4.02. The number of nitrogens with zero attached hydrogens (tertiary/aromatic N) is 2. The quantitative estimate of drug-likeness (QED) is 0.183. The maximum atomic E-state index is 6.25. The Balaban J connectivity index is 0.987. The van der Waals surface area contributed by atoms with Gasteiger partial charge in [-0.3, -0.25) is 0 Å². The summed E-state index contributed by atoms with van der Waals surface area (Å²) in [6.07, 6.45) is 0. The second-order valence-electron chi connectivity index (χ2n) is 14.5. The van der Waals surface area contributed by atoms with Gasteiger partial charge in [0, 0.05) is 11.1 Å². The highest BCUT2D eigenvalue weighted by atomic mass is 16.4. The third kappa shape index (κ3) is 4.34. The minimum absolute atomic E-state index is 0.374. The van der Waals surface area contributed by atoms with Crippen molar-refractivity contribution in [3.63, 3.8) is 0 Å². The van der Waals surface area contributed by atoms with Gasteiger partial charge in [0.15, 0.2) is 11.2 Å². The van der Waals surface area contributed by atoms with Gasteiger partial charge in [-0.15, -0.1) is 0 Å². The maximum Gasteiger partial charge on any atom is 0.227 e. The number of hydrogen-bond donors (Lipinski definition) is 0. The first-order chi connectivity index (χ1) is 27.2. The Bertz CT molecular complexity index is 2940. The van der Waals surface area contributed by atoms with Crippen LogP contribution < -0.4 is 0 Å². The smallest absolute Gasteiger partial charge is 0.227 e. The van der Waals surface area contributed by atoms with Crippen LogP contribution in [0.1, 0.15) is 22.3 Å². The molecule has 0 radical (unpaired) electrons. The minimum Gasteiger partial charge on any atom is -0.436 e. The Kier molecular flexibility index (Phi) is 6.23. The van der Waals surface area contributed by atoms with Crippen LogP contribution in [-0.4, -0.2) is 9.97 Å². The van der Waals surface area contributed by atoms with Crippen LogP contribution in [0.2, 0.25) is 0 Å². The van der Waals surface area contributed by atoms with E-state index in [1.54, 1.807) is 0 Å². The first kappa shape index (κ1) is 30.2. The Morgan fingerprint density at radius 1 is 0.309 bits per heavy atom. The van der Waals surface area contributed by atoms with Crippen LogP contribution in [0.3, 0.4) is 0 Å². The number of fused-ring (bicyclic) bond motifs is 12. The number of rotatable bonds is 4. The van der Waals surface area contributed by atoms with Crippen LogP contribution in [0.4, 0.5) is 0 Å². The molecule has 0 bridgehead atoms. The summed E-state index contributed by atoms with van der Waals surface area (Å²) in [6, 6.07) is 64.8. The third-order valence-corrected chi connectivity index (χ3v) is 11.6. The molecular formula is C51H30N2O2. The highest BCUT2D eigenvalue weighted by Crippen LogP contribution is 2.63. The molecule has 0 amide bonds. The van der Waals surface area contributed by atoms with Gasteiger partial charge in [-0.1, -0.05) is 133 Å². The monoisotopic (exact) mass is 702 g/mol. The van der Waals surface area contributed by atoms with E-state index >= 15 is 0 Å². The number of para-hydroxylation sites is 4. The highest BCUT2D eigenvalue weighted by molar-refractivity contribution is 5.96. The van der Waals surface area contributed by atoms with Crippen molar-refractivity contribution in [2.24, 2.45) is 0 Å². The molecular weight excluding hydrogens is 673 g/mol. The SMILES string of the molecule is c1ccc2c(c1)-c1ccccc1C21c2ccccc2-c2ccc(-c3ccc(-c4cc(-c5nc6ccccc6o5)cc(-c5nc6ccccc6o5)c4)cc3)cc21. The van der Waals surface area contributed by atoms with Crippen molar-refractivity contribution in [1.29, 1.82) is 0 Å². The zero-order chi connectivity index (χ0) is 36.1. The number of oxazole rings is 2. The molecule has 12 rings (SSSR count). The van der Waals surface area contributed by atoms with Gasteiger partial charge in [0.25, 0.3) is 0 Å². The van der Waals surface area contributed by atoms with E-state index in [1.807, 2.05) is 54.6 Å². The topological polar surface area (TPSA) is 52.1 Å². The number of hydrogen-bond acceptors (Lipinski definition) is 4. The molecule has 4 nitrogen and oxygen atoms in total. The standard InChI is InChI=1S/C51H30N2O2/c1-4-14-41-37(11-1)38-12-2-5-15-42(38)51(41)43-16-6-3-13-39(43)40-26-25-33(30-44(40)51)31-21-23-32(24-22-31)34-27-35(49-52-45-17-7-9-19-47(45)54-49)29-36(28-34)50-53-46-18-8-10-20-48(46)55-50/h1-30H. The molecule has 0 atom stereocenters. The van der Waals surface area contributed by atoms with Gasteiger partial charge >= 0.3 is 0 Å². The van der Waals surface area contributed by atoms with Crippen LogP contribution in [0.15, 0.2) is 191 Å². The van der Waals surface area contributed by atoms with Crippen LogP contribution in [0.5, 0.6) is 0 Å². The van der Waals surface area contributed by atoms with E-state index in [9.17, 15) is 0 Å². The molecule has 10 aromatic rings. The van der Waals surface area contributed by atoms with E-state index in [0.717, 1.165) is 50.0 Å². The zero-order valence-corrected chi connectivity index (χ0v) is 29.5. The predicted octanol–water partition coefficient (Wildman–Crippen LogP) is 13.0. The van der Waals surface area contributed by atoms with Crippen molar-refractivity contribution >= 4 is 22.2 Å². The molecule has 55 heavy (non-hydrogen) atoms. The summed E-state index contributed by atoms with van der Waals surface area (Å²) in [4.78, 5) is 9.67. The average molecular weight is 703 g/mol. The van der Waals surface area contributed by atoms with E-state index in [2.05, 4.69) is 127 Å². The summed E-state index contributed by atoms with van der Waals surface area (Å²) in [6.45, 7) is 0. The van der Waals surface area contributed by atoms with E-state index in [1.165, 1.54) is 50.1 Å². The van der Waals surface area contributed by atoms with Crippen molar-refractivity contribution in [2.75, 3.05) is 0 Å². The Hall–Kier alpha value is -7.30. The molecule has 1 spiro atoms.